The second-order valence-corrected chi connectivity index (χ2v) is 7.82. The van der Waals surface area contributed by atoms with E-state index in [9.17, 15) is 0 Å². The van der Waals surface area contributed by atoms with Gasteiger partial charge in [-0.25, -0.2) is 4.98 Å². The molecule has 28 heavy (non-hydrogen) atoms. The van der Waals surface area contributed by atoms with E-state index in [1.807, 2.05) is 6.92 Å². The molecule has 0 atom stereocenters. The maximum atomic E-state index is 5.48. The van der Waals surface area contributed by atoms with Crippen LogP contribution in [0.3, 0.4) is 0 Å². The highest BCUT2D eigenvalue weighted by molar-refractivity contribution is 5.52. The summed E-state index contributed by atoms with van der Waals surface area (Å²) in [6.45, 7) is 3.72. The number of aryl methyl sites for hydroxylation is 1. The van der Waals surface area contributed by atoms with Gasteiger partial charge in [-0.15, -0.1) is 0 Å². The first-order valence-corrected chi connectivity index (χ1v) is 10.3. The predicted molar refractivity (Wildman–Crippen MR) is 112 cm³/mol. The Bertz CT molecular complexity index is 834. The molecule has 1 fully saturated rings. The molecule has 2 aliphatic rings. The highest BCUT2D eigenvalue weighted by Crippen LogP contribution is 2.34. The van der Waals surface area contributed by atoms with Crippen LogP contribution in [-0.4, -0.2) is 36.8 Å². The van der Waals surface area contributed by atoms with Gasteiger partial charge in [-0.1, -0.05) is 19.3 Å². The standard InChI is InChI=1S/C22H30N4O2/c1-15-11-21(24-18-7-5-4-6-8-18)25-22(23-15)26-10-9-16-12-19(27-2)20(28-3)13-17(16)14-26/h11-13,18H,4-10,14H2,1-3H3,(H,23,24,25). The smallest absolute Gasteiger partial charge is 0.227 e. The number of ether oxygens (including phenoxy) is 2. The molecule has 1 aliphatic heterocycles. The maximum absolute atomic E-state index is 5.48. The zero-order valence-corrected chi connectivity index (χ0v) is 17.1. The van der Waals surface area contributed by atoms with Crippen LogP contribution in [0.5, 0.6) is 11.5 Å². The minimum absolute atomic E-state index is 0.537. The van der Waals surface area contributed by atoms with Crippen LogP contribution in [0.1, 0.15) is 48.9 Å². The topological polar surface area (TPSA) is 59.5 Å². The Hall–Kier alpha value is -2.50. The lowest BCUT2D eigenvalue weighted by Gasteiger charge is -2.30. The lowest BCUT2D eigenvalue weighted by Crippen LogP contribution is -2.32. The van der Waals surface area contributed by atoms with Gasteiger partial charge < -0.3 is 19.7 Å². The molecule has 0 saturated heterocycles. The number of rotatable bonds is 5. The third-order valence-electron chi connectivity index (χ3n) is 5.80. The van der Waals surface area contributed by atoms with Gasteiger partial charge >= 0.3 is 0 Å². The number of aromatic nitrogens is 2. The number of nitrogens with one attached hydrogen (secondary N) is 1. The number of anilines is 2. The summed E-state index contributed by atoms with van der Waals surface area (Å²) in [4.78, 5) is 11.8. The van der Waals surface area contributed by atoms with E-state index in [1.165, 1.54) is 43.2 Å². The Morgan fingerprint density at radius 3 is 2.39 bits per heavy atom. The quantitative estimate of drug-likeness (QED) is 0.840. The van der Waals surface area contributed by atoms with Crippen molar-refractivity contribution >= 4 is 11.8 Å². The molecule has 0 unspecified atom stereocenters. The van der Waals surface area contributed by atoms with E-state index in [0.717, 1.165) is 48.5 Å². The molecular formula is C22H30N4O2. The fraction of sp³-hybridized carbons (Fsp3) is 0.545. The van der Waals surface area contributed by atoms with E-state index >= 15 is 0 Å². The summed E-state index contributed by atoms with van der Waals surface area (Å²) in [6.07, 6.45) is 7.38. The van der Waals surface area contributed by atoms with Crippen molar-refractivity contribution in [1.82, 2.24) is 9.97 Å². The molecule has 1 aromatic heterocycles. The van der Waals surface area contributed by atoms with Crippen molar-refractivity contribution in [3.63, 3.8) is 0 Å². The van der Waals surface area contributed by atoms with Crippen molar-refractivity contribution in [2.24, 2.45) is 0 Å². The molecule has 0 radical (unpaired) electrons. The van der Waals surface area contributed by atoms with Crippen LogP contribution < -0.4 is 19.7 Å². The summed E-state index contributed by atoms with van der Waals surface area (Å²) in [5.74, 6) is 3.32. The van der Waals surface area contributed by atoms with Crippen molar-refractivity contribution in [2.45, 2.75) is 58.0 Å². The monoisotopic (exact) mass is 382 g/mol. The van der Waals surface area contributed by atoms with Crippen LogP contribution in [0.15, 0.2) is 18.2 Å². The Morgan fingerprint density at radius 2 is 1.68 bits per heavy atom. The van der Waals surface area contributed by atoms with Crippen LogP contribution in [0.2, 0.25) is 0 Å². The Morgan fingerprint density at radius 1 is 0.964 bits per heavy atom. The van der Waals surface area contributed by atoms with Gasteiger partial charge in [0.15, 0.2) is 11.5 Å². The number of hydrogen-bond acceptors (Lipinski definition) is 6. The second kappa shape index (κ2) is 8.25. The molecule has 6 heteroatoms. The van der Waals surface area contributed by atoms with Gasteiger partial charge in [-0.2, -0.15) is 4.98 Å². The van der Waals surface area contributed by atoms with Crippen molar-refractivity contribution in [3.8, 4) is 11.5 Å². The number of methoxy groups -OCH3 is 2. The molecule has 1 aromatic carbocycles. The maximum Gasteiger partial charge on any atom is 0.227 e. The zero-order valence-electron chi connectivity index (χ0n) is 17.1. The molecule has 1 aliphatic carbocycles. The van der Waals surface area contributed by atoms with Gasteiger partial charge in [0.1, 0.15) is 5.82 Å². The third kappa shape index (κ3) is 4.01. The van der Waals surface area contributed by atoms with Gasteiger partial charge in [0.2, 0.25) is 5.95 Å². The summed E-state index contributed by atoms with van der Waals surface area (Å²) in [6, 6.07) is 6.77. The van der Waals surface area contributed by atoms with Gasteiger partial charge in [-0.05, 0) is 49.4 Å². The van der Waals surface area contributed by atoms with E-state index < -0.39 is 0 Å². The van der Waals surface area contributed by atoms with Crippen molar-refractivity contribution < 1.29 is 9.47 Å². The highest BCUT2D eigenvalue weighted by atomic mass is 16.5. The molecule has 0 amide bonds. The van der Waals surface area contributed by atoms with Crippen molar-refractivity contribution in [1.29, 1.82) is 0 Å². The molecule has 1 N–H and O–H groups in total. The lowest BCUT2D eigenvalue weighted by atomic mass is 9.95. The average molecular weight is 383 g/mol. The largest absolute Gasteiger partial charge is 0.493 e. The Labute approximate surface area is 167 Å². The van der Waals surface area contributed by atoms with E-state index in [0.29, 0.717) is 6.04 Å². The Kier molecular flexibility index (Phi) is 5.55. The number of hydrogen-bond donors (Lipinski definition) is 1. The van der Waals surface area contributed by atoms with Crippen LogP contribution >= 0.6 is 0 Å². The second-order valence-electron chi connectivity index (χ2n) is 7.82. The minimum Gasteiger partial charge on any atom is -0.493 e. The van der Waals surface area contributed by atoms with Gasteiger partial charge in [0.25, 0.3) is 0 Å². The van der Waals surface area contributed by atoms with Crippen LogP contribution in [0.4, 0.5) is 11.8 Å². The van der Waals surface area contributed by atoms with Crippen LogP contribution in [0.25, 0.3) is 0 Å². The molecular weight excluding hydrogens is 352 g/mol. The Balaban J connectivity index is 1.55. The van der Waals surface area contributed by atoms with Crippen LogP contribution in [-0.2, 0) is 13.0 Å². The van der Waals surface area contributed by atoms with Gasteiger partial charge in [-0.3, -0.25) is 0 Å². The van der Waals surface area contributed by atoms with Crippen LogP contribution in [0, 0.1) is 6.92 Å². The molecule has 2 heterocycles. The van der Waals surface area contributed by atoms with Gasteiger partial charge in [0, 0.05) is 30.9 Å². The third-order valence-corrected chi connectivity index (χ3v) is 5.80. The number of fused-ring (bicyclic) bond motifs is 1. The van der Waals surface area contributed by atoms with Crippen molar-refractivity contribution in [2.75, 3.05) is 31.0 Å². The van der Waals surface area contributed by atoms with E-state index in [4.69, 9.17) is 19.4 Å². The minimum atomic E-state index is 0.537. The summed E-state index contributed by atoms with van der Waals surface area (Å²) in [7, 11) is 3.36. The first-order valence-electron chi connectivity index (χ1n) is 10.3. The van der Waals surface area contributed by atoms with E-state index in [2.05, 4.69) is 28.4 Å². The van der Waals surface area contributed by atoms with Crippen molar-refractivity contribution in [3.05, 3.63) is 35.0 Å². The summed E-state index contributed by atoms with van der Waals surface area (Å²) in [5.41, 5.74) is 3.55. The fourth-order valence-corrected chi connectivity index (χ4v) is 4.28. The highest BCUT2D eigenvalue weighted by Gasteiger charge is 2.22. The average Bonchev–Trinajstić information content (AvgIpc) is 2.72. The number of nitrogens with zero attached hydrogens (tertiary/aromatic N) is 3. The zero-order chi connectivity index (χ0) is 19.5. The van der Waals surface area contributed by atoms with Gasteiger partial charge in [0.05, 0.1) is 14.2 Å². The number of benzene rings is 1. The molecule has 0 spiro atoms. The molecule has 0 bridgehead atoms. The lowest BCUT2D eigenvalue weighted by molar-refractivity contribution is 0.353. The molecule has 150 valence electrons. The predicted octanol–water partition coefficient (Wildman–Crippen LogP) is 4.11. The van der Waals surface area contributed by atoms with E-state index in [-0.39, 0.29) is 0 Å². The molecule has 6 nitrogen and oxygen atoms in total. The summed E-state index contributed by atoms with van der Waals surface area (Å²) < 4.78 is 10.9. The summed E-state index contributed by atoms with van der Waals surface area (Å²) in [5, 5.41) is 3.64. The fourth-order valence-electron chi connectivity index (χ4n) is 4.28. The first kappa shape index (κ1) is 18.8. The summed E-state index contributed by atoms with van der Waals surface area (Å²) >= 11 is 0. The normalized spacial score (nSPS) is 17.2. The van der Waals surface area contributed by atoms with E-state index in [1.54, 1.807) is 14.2 Å². The SMILES string of the molecule is COc1cc2c(cc1OC)CN(c1nc(C)cc(NC3CCCCC3)n1)CC2. The molecule has 4 rings (SSSR count). The molecule has 1 saturated carbocycles. The molecule has 2 aromatic rings. The first-order chi connectivity index (χ1) is 13.7.